The van der Waals surface area contributed by atoms with Crippen molar-refractivity contribution in [2.24, 2.45) is 5.10 Å². The highest BCUT2D eigenvalue weighted by molar-refractivity contribution is 7.17. The molecule has 0 spiro atoms. The zero-order valence-corrected chi connectivity index (χ0v) is 16.7. The fourth-order valence-electron chi connectivity index (χ4n) is 3.06. The second-order valence-corrected chi connectivity index (χ2v) is 7.34. The molecule has 28 heavy (non-hydrogen) atoms. The van der Waals surface area contributed by atoms with E-state index in [1.54, 1.807) is 14.0 Å². The van der Waals surface area contributed by atoms with E-state index < -0.39 is 6.03 Å². The summed E-state index contributed by atoms with van der Waals surface area (Å²) in [6.45, 7) is 2.06. The van der Waals surface area contributed by atoms with Gasteiger partial charge >= 0.3 is 12.0 Å². The first-order chi connectivity index (χ1) is 13.6. The maximum atomic E-state index is 12.4. The SMILES string of the molecule is CCOC(=O)c1c(NC(=O)NN=Cc2ccc(OC)cc2)sc2c1CCCC2. The van der Waals surface area contributed by atoms with Gasteiger partial charge in [-0.25, -0.2) is 15.0 Å². The number of rotatable bonds is 6. The van der Waals surface area contributed by atoms with Crippen LogP contribution < -0.4 is 15.5 Å². The molecule has 1 aliphatic carbocycles. The first kappa shape index (κ1) is 19.9. The number of fused-ring (bicyclic) bond motifs is 1. The second-order valence-electron chi connectivity index (χ2n) is 6.23. The summed E-state index contributed by atoms with van der Waals surface area (Å²) in [6, 6.07) is 6.77. The summed E-state index contributed by atoms with van der Waals surface area (Å²) in [5.41, 5.74) is 4.74. The van der Waals surface area contributed by atoms with E-state index in [4.69, 9.17) is 9.47 Å². The van der Waals surface area contributed by atoms with Crippen LogP contribution in [0.5, 0.6) is 5.75 Å². The lowest BCUT2D eigenvalue weighted by molar-refractivity contribution is 0.0526. The van der Waals surface area contributed by atoms with Gasteiger partial charge in [0.15, 0.2) is 0 Å². The van der Waals surface area contributed by atoms with Gasteiger partial charge in [-0.1, -0.05) is 0 Å². The van der Waals surface area contributed by atoms with E-state index in [0.29, 0.717) is 17.2 Å². The van der Waals surface area contributed by atoms with Gasteiger partial charge in [-0.05, 0) is 68.0 Å². The molecule has 1 aromatic heterocycles. The van der Waals surface area contributed by atoms with E-state index in [9.17, 15) is 9.59 Å². The van der Waals surface area contributed by atoms with Crippen molar-refractivity contribution in [1.82, 2.24) is 5.43 Å². The predicted molar refractivity (Wildman–Crippen MR) is 110 cm³/mol. The number of methoxy groups -OCH3 is 1. The summed E-state index contributed by atoms with van der Waals surface area (Å²) in [6.07, 6.45) is 5.41. The minimum Gasteiger partial charge on any atom is -0.497 e. The standard InChI is InChI=1S/C20H23N3O4S/c1-3-27-19(24)17-15-6-4-5-7-16(15)28-18(17)22-20(25)23-21-12-13-8-10-14(26-2)11-9-13/h8-12H,3-7H2,1-2H3,(H2,22,23,25). The van der Waals surface area contributed by atoms with Gasteiger partial charge in [0, 0.05) is 4.88 Å². The summed E-state index contributed by atoms with van der Waals surface area (Å²) in [4.78, 5) is 25.8. The Morgan fingerprint density at radius 2 is 1.96 bits per heavy atom. The number of hydrogen-bond acceptors (Lipinski definition) is 6. The molecule has 0 bridgehead atoms. The molecule has 3 rings (SSSR count). The maximum Gasteiger partial charge on any atom is 0.341 e. The average Bonchev–Trinajstić information content (AvgIpc) is 3.06. The Bertz CT molecular complexity index is 874. The van der Waals surface area contributed by atoms with Crippen molar-refractivity contribution in [3.63, 3.8) is 0 Å². The molecular formula is C20H23N3O4S. The number of ether oxygens (including phenoxy) is 2. The van der Waals surface area contributed by atoms with Gasteiger partial charge in [0.25, 0.3) is 0 Å². The number of carbonyl (C=O) groups is 2. The maximum absolute atomic E-state index is 12.4. The molecule has 0 fully saturated rings. The highest BCUT2D eigenvalue weighted by atomic mass is 32.1. The number of esters is 1. The molecule has 7 nitrogen and oxygen atoms in total. The van der Waals surface area contributed by atoms with E-state index in [2.05, 4.69) is 15.8 Å². The molecule has 0 saturated heterocycles. The number of nitrogens with zero attached hydrogens (tertiary/aromatic N) is 1. The summed E-state index contributed by atoms with van der Waals surface area (Å²) in [7, 11) is 1.60. The molecule has 1 aromatic carbocycles. The normalized spacial score (nSPS) is 13.1. The minimum absolute atomic E-state index is 0.293. The highest BCUT2D eigenvalue weighted by Crippen LogP contribution is 2.38. The topological polar surface area (TPSA) is 89.0 Å². The molecule has 1 aliphatic rings. The van der Waals surface area contributed by atoms with E-state index >= 15 is 0 Å². The van der Waals surface area contributed by atoms with E-state index in [-0.39, 0.29) is 5.97 Å². The molecule has 0 saturated carbocycles. The van der Waals surface area contributed by atoms with Crippen LogP contribution in [0, 0.1) is 0 Å². The number of anilines is 1. The van der Waals surface area contributed by atoms with E-state index in [1.807, 2.05) is 24.3 Å². The molecule has 0 aliphatic heterocycles. The number of thiophene rings is 1. The first-order valence-corrected chi connectivity index (χ1v) is 9.99. The number of urea groups is 1. The van der Waals surface area contributed by atoms with Crippen molar-refractivity contribution in [3.05, 3.63) is 45.8 Å². The molecule has 2 N–H and O–H groups in total. The Labute approximate surface area is 167 Å². The summed E-state index contributed by atoms with van der Waals surface area (Å²) < 4.78 is 10.3. The molecule has 8 heteroatoms. The third-order valence-corrected chi connectivity index (χ3v) is 5.58. The first-order valence-electron chi connectivity index (χ1n) is 9.18. The number of nitrogens with one attached hydrogen (secondary N) is 2. The van der Waals surface area contributed by atoms with Gasteiger partial charge in [0.05, 0.1) is 25.5 Å². The average molecular weight is 401 g/mol. The van der Waals surface area contributed by atoms with Gasteiger partial charge in [0.2, 0.25) is 0 Å². The lowest BCUT2D eigenvalue weighted by atomic mass is 9.95. The summed E-state index contributed by atoms with van der Waals surface area (Å²) >= 11 is 1.44. The number of aryl methyl sites for hydroxylation is 1. The van der Waals surface area contributed by atoms with Crippen LogP contribution in [-0.2, 0) is 17.6 Å². The fourth-order valence-corrected chi connectivity index (χ4v) is 4.33. The summed E-state index contributed by atoms with van der Waals surface area (Å²) in [5, 5.41) is 7.21. The fraction of sp³-hybridized carbons (Fsp3) is 0.350. The molecule has 0 atom stereocenters. The van der Waals surface area contributed by atoms with Crippen LogP contribution in [0.3, 0.4) is 0 Å². The number of hydrogen-bond donors (Lipinski definition) is 2. The van der Waals surface area contributed by atoms with Crippen molar-refractivity contribution in [2.75, 3.05) is 19.0 Å². The van der Waals surface area contributed by atoms with Crippen LogP contribution in [0.1, 0.15) is 46.1 Å². The van der Waals surface area contributed by atoms with Crippen molar-refractivity contribution >= 4 is 34.6 Å². The minimum atomic E-state index is -0.506. The molecule has 0 unspecified atom stereocenters. The van der Waals surface area contributed by atoms with Gasteiger partial charge in [-0.15, -0.1) is 11.3 Å². The number of benzene rings is 1. The van der Waals surface area contributed by atoms with E-state index in [1.165, 1.54) is 17.6 Å². The quantitative estimate of drug-likeness (QED) is 0.435. The van der Waals surface area contributed by atoms with E-state index in [0.717, 1.165) is 47.4 Å². The van der Waals surface area contributed by atoms with Crippen molar-refractivity contribution in [3.8, 4) is 5.75 Å². The number of carbonyl (C=O) groups excluding carboxylic acids is 2. The predicted octanol–water partition coefficient (Wildman–Crippen LogP) is 3.97. The van der Waals surface area contributed by atoms with Gasteiger partial charge in [0.1, 0.15) is 10.8 Å². The Hall–Kier alpha value is -2.87. The number of hydrazone groups is 1. The zero-order valence-electron chi connectivity index (χ0n) is 15.9. The molecule has 2 aromatic rings. The molecule has 0 radical (unpaired) electrons. The Morgan fingerprint density at radius 3 is 2.68 bits per heavy atom. The highest BCUT2D eigenvalue weighted by Gasteiger charge is 2.27. The van der Waals surface area contributed by atoms with Crippen molar-refractivity contribution in [1.29, 1.82) is 0 Å². The summed E-state index contributed by atoms with van der Waals surface area (Å²) in [5.74, 6) is 0.356. The second kappa shape index (κ2) is 9.36. The van der Waals surface area contributed by atoms with Crippen LogP contribution in [-0.4, -0.2) is 31.9 Å². The zero-order chi connectivity index (χ0) is 19.9. The van der Waals surface area contributed by atoms with Gasteiger partial charge < -0.3 is 9.47 Å². The molecular weight excluding hydrogens is 378 g/mol. The third kappa shape index (κ3) is 4.69. The number of amides is 2. The van der Waals surface area contributed by atoms with Gasteiger partial charge in [-0.3, -0.25) is 5.32 Å². The smallest absolute Gasteiger partial charge is 0.341 e. The van der Waals surface area contributed by atoms with Crippen LogP contribution >= 0.6 is 11.3 Å². The van der Waals surface area contributed by atoms with Crippen LogP contribution in [0.15, 0.2) is 29.4 Å². The van der Waals surface area contributed by atoms with Crippen LogP contribution in [0.25, 0.3) is 0 Å². The monoisotopic (exact) mass is 401 g/mol. The Balaban J connectivity index is 1.68. The van der Waals surface area contributed by atoms with Crippen LogP contribution in [0.4, 0.5) is 9.80 Å². The molecule has 2 amide bonds. The molecule has 1 heterocycles. The lowest BCUT2D eigenvalue weighted by Crippen LogP contribution is -2.25. The van der Waals surface area contributed by atoms with Gasteiger partial charge in [-0.2, -0.15) is 5.10 Å². The van der Waals surface area contributed by atoms with Crippen molar-refractivity contribution < 1.29 is 19.1 Å². The Kier molecular flexibility index (Phi) is 6.65. The Morgan fingerprint density at radius 1 is 1.21 bits per heavy atom. The van der Waals surface area contributed by atoms with Crippen LogP contribution in [0.2, 0.25) is 0 Å². The molecule has 148 valence electrons. The van der Waals surface area contributed by atoms with Crippen molar-refractivity contribution in [2.45, 2.75) is 32.6 Å². The third-order valence-electron chi connectivity index (χ3n) is 4.37. The lowest BCUT2D eigenvalue weighted by Gasteiger charge is -2.12. The largest absolute Gasteiger partial charge is 0.497 e.